The van der Waals surface area contributed by atoms with Crippen molar-refractivity contribution < 1.29 is 0 Å². The highest BCUT2D eigenvalue weighted by Crippen LogP contribution is 2.48. The second-order valence-corrected chi connectivity index (χ2v) is 6.69. The van der Waals surface area contributed by atoms with Gasteiger partial charge >= 0.3 is 0 Å². The monoisotopic (exact) mass is 326 g/mol. The number of alkyl halides is 1. The fraction of sp³-hybridized carbons (Fsp3) is 0.600. The van der Waals surface area contributed by atoms with E-state index in [1.165, 1.54) is 38.5 Å². The maximum absolute atomic E-state index is 2.71. The Labute approximate surface area is 112 Å². The lowest BCUT2D eigenvalue weighted by molar-refractivity contribution is 0.231. The molecular weight excluding hydrogens is 307 g/mol. The summed E-state index contributed by atoms with van der Waals surface area (Å²) in [6, 6.07) is 9.13. The Morgan fingerprint density at radius 3 is 2.75 bits per heavy atom. The Morgan fingerprint density at radius 1 is 1.00 bits per heavy atom. The van der Waals surface area contributed by atoms with Gasteiger partial charge in [0.05, 0.1) is 0 Å². The molecule has 0 spiro atoms. The highest BCUT2D eigenvalue weighted by atomic mass is 127. The number of hydrogen-bond acceptors (Lipinski definition) is 0. The van der Waals surface area contributed by atoms with Gasteiger partial charge in [-0.1, -0.05) is 66.1 Å². The van der Waals surface area contributed by atoms with Gasteiger partial charge < -0.3 is 0 Å². The molecule has 3 unspecified atom stereocenters. The molecule has 0 bridgehead atoms. The highest BCUT2D eigenvalue weighted by Gasteiger charge is 2.34. The third-order valence-corrected chi connectivity index (χ3v) is 6.08. The van der Waals surface area contributed by atoms with E-state index in [0.29, 0.717) is 0 Å². The maximum atomic E-state index is 2.71. The molecule has 86 valence electrons. The molecule has 16 heavy (non-hydrogen) atoms. The number of rotatable bonds is 0. The van der Waals surface area contributed by atoms with Crippen LogP contribution in [-0.2, 0) is 6.42 Å². The van der Waals surface area contributed by atoms with Gasteiger partial charge in [-0.2, -0.15) is 0 Å². The predicted molar refractivity (Wildman–Crippen MR) is 77.0 cm³/mol. The number of hydrogen-bond donors (Lipinski definition) is 0. The first-order valence-corrected chi connectivity index (χ1v) is 7.82. The van der Waals surface area contributed by atoms with Crippen LogP contribution < -0.4 is 0 Å². The summed E-state index contributed by atoms with van der Waals surface area (Å²) in [5.41, 5.74) is 3.26. The zero-order valence-electron chi connectivity index (χ0n) is 9.66. The molecule has 2 aliphatic carbocycles. The van der Waals surface area contributed by atoms with Crippen molar-refractivity contribution in [1.29, 1.82) is 0 Å². The molecule has 0 saturated heterocycles. The van der Waals surface area contributed by atoms with E-state index in [4.69, 9.17) is 0 Å². The van der Waals surface area contributed by atoms with Crippen molar-refractivity contribution in [2.24, 2.45) is 11.8 Å². The minimum Gasteiger partial charge on any atom is -0.0771 e. The molecule has 1 fully saturated rings. The number of fused-ring (bicyclic) bond motifs is 2. The average molecular weight is 326 g/mol. The van der Waals surface area contributed by atoms with Crippen LogP contribution in [0.2, 0.25) is 0 Å². The van der Waals surface area contributed by atoms with Crippen molar-refractivity contribution in [2.45, 2.75) is 42.4 Å². The maximum Gasteiger partial charge on any atom is 0.0393 e. The van der Waals surface area contributed by atoms with Crippen LogP contribution in [0.15, 0.2) is 24.3 Å². The van der Waals surface area contributed by atoms with E-state index in [1.807, 2.05) is 0 Å². The van der Waals surface area contributed by atoms with Crippen LogP contribution in [0.4, 0.5) is 0 Å². The Kier molecular flexibility index (Phi) is 3.23. The second-order valence-electron chi connectivity index (χ2n) is 5.35. The zero-order chi connectivity index (χ0) is 11.0. The summed E-state index contributed by atoms with van der Waals surface area (Å²) < 4.78 is 0.765. The molecule has 0 nitrogen and oxygen atoms in total. The number of halogens is 1. The molecule has 1 aromatic rings. The molecule has 3 atom stereocenters. The van der Waals surface area contributed by atoms with Crippen molar-refractivity contribution >= 4 is 22.6 Å². The largest absolute Gasteiger partial charge is 0.0771 e. The quantitative estimate of drug-likeness (QED) is 0.469. The Morgan fingerprint density at radius 2 is 1.81 bits per heavy atom. The third-order valence-electron chi connectivity index (χ3n) is 4.48. The molecule has 1 heteroatoms. The van der Waals surface area contributed by atoms with E-state index >= 15 is 0 Å². The van der Waals surface area contributed by atoms with Crippen LogP contribution in [0.3, 0.4) is 0 Å². The molecule has 0 radical (unpaired) electrons. The summed E-state index contributed by atoms with van der Waals surface area (Å²) in [5.74, 6) is 1.96. The molecule has 0 amide bonds. The Hall–Kier alpha value is -0.0500. The first-order chi connectivity index (χ1) is 7.86. The van der Waals surface area contributed by atoms with Gasteiger partial charge in [-0.3, -0.25) is 0 Å². The summed E-state index contributed by atoms with van der Waals surface area (Å²) in [5, 5.41) is 0. The molecular formula is C15H19I. The first-order valence-electron chi connectivity index (χ1n) is 6.58. The van der Waals surface area contributed by atoms with Gasteiger partial charge in [0.1, 0.15) is 0 Å². The van der Waals surface area contributed by atoms with Crippen LogP contribution in [0.5, 0.6) is 0 Å². The van der Waals surface area contributed by atoms with Crippen molar-refractivity contribution in [3.05, 3.63) is 35.4 Å². The van der Waals surface area contributed by atoms with E-state index in [-0.39, 0.29) is 0 Å². The fourth-order valence-electron chi connectivity index (χ4n) is 3.58. The summed E-state index contributed by atoms with van der Waals surface area (Å²) in [6.45, 7) is 0. The van der Waals surface area contributed by atoms with Crippen molar-refractivity contribution in [1.82, 2.24) is 0 Å². The zero-order valence-corrected chi connectivity index (χ0v) is 11.8. The van der Waals surface area contributed by atoms with E-state index in [0.717, 1.165) is 15.8 Å². The molecule has 0 aromatic heterocycles. The minimum atomic E-state index is 0.765. The van der Waals surface area contributed by atoms with E-state index in [2.05, 4.69) is 46.9 Å². The summed E-state index contributed by atoms with van der Waals surface area (Å²) in [7, 11) is 0. The van der Waals surface area contributed by atoms with Gasteiger partial charge in [-0.15, -0.1) is 0 Å². The van der Waals surface area contributed by atoms with Crippen LogP contribution >= 0.6 is 22.6 Å². The smallest absolute Gasteiger partial charge is 0.0393 e. The second kappa shape index (κ2) is 4.67. The number of aryl methyl sites for hydroxylation is 1. The van der Waals surface area contributed by atoms with Crippen LogP contribution in [0, 0.1) is 11.8 Å². The van der Waals surface area contributed by atoms with Gasteiger partial charge in [-0.05, 0) is 42.2 Å². The number of benzene rings is 1. The average Bonchev–Trinajstić information content (AvgIpc) is 2.49. The Balaban J connectivity index is 1.96. The van der Waals surface area contributed by atoms with Gasteiger partial charge in [0.15, 0.2) is 0 Å². The molecule has 2 aliphatic rings. The summed E-state index contributed by atoms with van der Waals surface area (Å²) in [6.07, 6.45) is 8.63. The van der Waals surface area contributed by atoms with Gasteiger partial charge in [0, 0.05) is 3.92 Å². The standard InChI is InChI=1S/C15H19I/c16-15-13-7-3-1-5-11(13)9-10-12-6-2-4-8-14(12)15/h1,3,5,7,12,14-15H,2,4,6,8-10H2. The van der Waals surface area contributed by atoms with E-state index < -0.39 is 0 Å². The lowest BCUT2D eigenvalue weighted by Crippen LogP contribution is -2.21. The highest BCUT2D eigenvalue weighted by molar-refractivity contribution is 14.1. The lowest BCUT2D eigenvalue weighted by atomic mass is 9.76. The van der Waals surface area contributed by atoms with Gasteiger partial charge in [-0.25, -0.2) is 0 Å². The SMILES string of the molecule is IC1c2ccccc2CCC2CCCCC21. The lowest BCUT2D eigenvalue weighted by Gasteiger charge is -2.33. The molecule has 1 saturated carbocycles. The van der Waals surface area contributed by atoms with Crippen molar-refractivity contribution in [2.75, 3.05) is 0 Å². The molecule has 0 N–H and O–H groups in total. The van der Waals surface area contributed by atoms with Crippen LogP contribution in [-0.4, -0.2) is 0 Å². The molecule has 0 aliphatic heterocycles. The van der Waals surface area contributed by atoms with E-state index in [9.17, 15) is 0 Å². The molecule has 0 heterocycles. The third kappa shape index (κ3) is 1.92. The van der Waals surface area contributed by atoms with Crippen LogP contribution in [0.1, 0.15) is 47.2 Å². The first kappa shape index (κ1) is 11.1. The summed E-state index contributed by atoms with van der Waals surface area (Å²) in [4.78, 5) is 0. The topological polar surface area (TPSA) is 0 Å². The summed E-state index contributed by atoms with van der Waals surface area (Å²) >= 11 is 2.71. The van der Waals surface area contributed by atoms with Gasteiger partial charge in [0.25, 0.3) is 0 Å². The van der Waals surface area contributed by atoms with Gasteiger partial charge in [0.2, 0.25) is 0 Å². The van der Waals surface area contributed by atoms with E-state index in [1.54, 1.807) is 11.1 Å². The predicted octanol–water partition coefficient (Wildman–Crippen LogP) is 4.92. The molecule has 1 aromatic carbocycles. The Bertz CT molecular complexity index is 371. The normalized spacial score (nSPS) is 33.7. The van der Waals surface area contributed by atoms with Crippen LogP contribution in [0.25, 0.3) is 0 Å². The van der Waals surface area contributed by atoms with Crippen molar-refractivity contribution in [3.8, 4) is 0 Å². The van der Waals surface area contributed by atoms with Crippen molar-refractivity contribution in [3.63, 3.8) is 0 Å². The minimum absolute atomic E-state index is 0.765. The fourth-order valence-corrected chi connectivity index (χ4v) is 5.14. The molecule has 3 rings (SSSR count).